The van der Waals surface area contributed by atoms with Crippen molar-refractivity contribution in [3.8, 4) is 5.75 Å². The van der Waals surface area contributed by atoms with E-state index in [1.54, 1.807) is 24.3 Å². The fourth-order valence-electron chi connectivity index (χ4n) is 7.51. The Morgan fingerprint density at radius 1 is 0.686 bits per heavy atom. The minimum atomic E-state index is -1.88. The minimum absolute atomic E-state index is 0.0106. The van der Waals surface area contributed by atoms with Crippen molar-refractivity contribution in [1.82, 2.24) is 0 Å². The molecular formula is C44H36N2O5. The Kier molecular flexibility index (Phi) is 8.34. The Bertz CT molecular complexity index is 2140. The van der Waals surface area contributed by atoms with E-state index >= 15 is 4.79 Å². The Morgan fingerprint density at radius 3 is 1.86 bits per heavy atom. The van der Waals surface area contributed by atoms with E-state index in [-0.39, 0.29) is 13.2 Å². The van der Waals surface area contributed by atoms with Crippen LogP contribution in [0.3, 0.4) is 0 Å². The molecule has 2 aliphatic rings. The number of anilines is 2. The summed E-state index contributed by atoms with van der Waals surface area (Å²) in [5.74, 6) is -0.141. The van der Waals surface area contributed by atoms with Gasteiger partial charge < -0.3 is 19.5 Å². The largest absolute Gasteiger partial charge is 0.490 e. The van der Waals surface area contributed by atoms with Gasteiger partial charge in [-0.1, -0.05) is 146 Å². The highest BCUT2D eigenvalue weighted by Crippen LogP contribution is 2.60. The lowest BCUT2D eigenvalue weighted by atomic mass is 9.60. The van der Waals surface area contributed by atoms with E-state index in [1.165, 1.54) is 0 Å². The molecule has 2 aliphatic heterocycles. The van der Waals surface area contributed by atoms with Gasteiger partial charge in [0.25, 0.3) is 5.91 Å². The van der Waals surface area contributed by atoms with E-state index in [0.717, 1.165) is 27.3 Å². The summed E-state index contributed by atoms with van der Waals surface area (Å²) in [4.78, 5) is 32.5. The Labute approximate surface area is 296 Å². The van der Waals surface area contributed by atoms with Crippen LogP contribution in [-0.4, -0.2) is 23.7 Å². The topological polar surface area (TPSA) is 79.3 Å². The van der Waals surface area contributed by atoms with E-state index in [2.05, 4.69) is 29.2 Å². The molecule has 8 rings (SSSR count). The standard InChI is InChI=1S/C44H36N2O5/c47-41-44(37-23-13-14-24-39(37)46(41)42(48)50-30-34-19-9-3-10-20-34)38-26-25-36(27-40(38)51-31-43(44,49)35-21-11-4-12-22-35)45(28-32-15-5-1-6-16-32)29-33-17-7-2-8-18-33/h1-27,49H,28-31H2/t43-,44?/m0/s1. The normalized spacial score (nSPS) is 18.8. The molecular weight excluding hydrogens is 636 g/mol. The number of nitrogens with zero attached hydrogens (tertiary/aromatic N) is 2. The van der Waals surface area contributed by atoms with Crippen molar-refractivity contribution in [2.45, 2.75) is 30.7 Å². The van der Waals surface area contributed by atoms with Gasteiger partial charge in [0.1, 0.15) is 30.0 Å². The predicted octanol–water partition coefficient (Wildman–Crippen LogP) is 8.14. The van der Waals surface area contributed by atoms with Crippen LogP contribution in [0.25, 0.3) is 0 Å². The molecule has 2 amide bonds. The zero-order valence-corrected chi connectivity index (χ0v) is 27.9. The van der Waals surface area contributed by atoms with Gasteiger partial charge in [-0.05, 0) is 34.4 Å². The second kappa shape index (κ2) is 13.3. The first-order chi connectivity index (χ1) is 25.0. The third-order valence-electron chi connectivity index (χ3n) is 9.94. The molecule has 51 heavy (non-hydrogen) atoms. The molecule has 0 fully saturated rings. The first-order valence-electron chi connectivity index (χ1n) is 17.0. The number of carbonyl (C=O) groups excluding carboxylic acids is 2. The zero-order chi connectivity index (χ0) is 34.8. The number of benzene rings is 6. The van der Waals surface area contributed by atoms with Gasteiger partial charge in [-0.15, -0.1) is 0 Å². The number of hydrogen-bond acceptors (Lipinski definition) is 6. The molecule has 0 saturated carbocycles. The van der Waals surface area contributed by atoms with Crippen molar-refractivity contribution >= 4 is 23.4 Å². The maximum absolute atomic E-state index is 15.2. The van der Waals surface area contributed by atoms with E-state index in [4.69, 9.17) is 9.47 Å². The number of hydrogen-bond donors (Lipinski definition) is 1. The monoisotopic (exact) mass is 672 g/mol. The van der Waals surface area contributed by atoms with Crippen molar-refractivity contribution < 1.29 is 24.2 Å². The molecule has 0 saturated heterocycles. The van der Waals surface area contributed by atoms with Crippen LogP contribution in [0.1, 0.15) is 33.4 Å². The lowest BCUT2D eigenvalue weighted by Crippen LogP contribution is -2.61. The molecule has 1 spiro atoms. The van der Waals surface area contributed by atoms with Gasteiger partial charge in [-0.2, -0.15) is 0 Å². The van der Waals surface area contributed by atoms with E-state index in [1.807, 2.05) is 115 Å². The summed E-state index contributed by atoms with van der Waals surface area (Å²) >= 11 is 0. The Balaban J connectivity index is 1.26. The summed E-state index contributed by atoms with van der Waals surface area (Å²) in [5, 5.41) is 13.0. The van der Waals surface area contributed by atoms with Crippen LogP contribution in [0, 0.1) is 0 Å². The van der Waals surface area contributed by atoms with Gasteiger partial charge in [-0.3, -0.25) is 4.79 Å². The maximum atomic E-state index is 15.2. The second-order valence-corrected chi connectivity index (χ2v) is 13.0. The number of fused-ring (bicyclic) bond motifs is 4. The molecule has 1 unspecified atom stereocenters. The Hall–Kier alpha value is -6.18. The zero-order valence-electron chi connectivity index (χ0n) is 27.9. The molecule has 1 N–H and O–H groups in total. The molecule has 6 aromatic carbocycles. The van der Waals surface area contributed by atoms with Crippen molar-refractivity contribution in [3.05, 3.63) is 197 Å². The molecule has 0 radical (unpaired) electrons. The van der Waals surface area contributed by atoms with Crippen molar-refractivity contribution in [1.29, 1.82) is 0 Å². The molecule has 2 heterocycles. The average molecular weight is 673 g/mol. The van der Waals surface area contributed by atoms with Crippen molar-refractivity contribution in [2.75, 3.05) is 16.4 Å². The highest BCUT2D eigenvalue weighted by Gasteiger charge is 2.68. The summed E-state index contributed by atoms with van der Waals surface area (Å²) in [6, 6.07) is 51.8. The summed E-state index contributed by atoms with van der Waals surface area (Å²) in [5.41, 5.74) is 2.20. The van der Waals surface area contributed by atoms with Crippen LogP contribution < -0.4 is 14.5 Å². The molecule has 6 aromatic rings. The summed E-state index contributed by atoms with van der Waals surface area (Å²) < 4.78 is 12.2. The van der Waals surface area contributed by atoms with Crippen LogP contribution in [0.4, 0.5) is 16.2 Å². The van der Waals surface area contributed by atoms with Gasteiger partial charge in [0, 0.05) is 36.0 Å². The number of aliphatic hydroxyl groups is 1. The number of amides is 2. The number of imide groups is 1. The SMILES string of the molecule is O=C(OCc1ccccc1)N1C(=O)C2(c3ccc(N(Cc4ccccc4)Cc4ccccc4)cc3OC[C@]2(O)c2ccccc2)c2ccccc21. The fourth-order valence-corrected chi connectivity index (χ4v) is 7.51. The predicted molar refractivity (Wildman–Crippen MR) is 196 cm³/mol. The van der Waals surface area contributed by atoms with Crippen LogP contribution in [0.5, 0.6) is 5.75 Å². The van der Waals surface area contributed by atoms with E-state index in [9.17, 15) is 9.90 Å². The number of para-hydroxylation sites is 1. The number of ether oxygens (including phenoxy) is 2. The van der Waals surface area contributed by atoms with Crippen LogP contribution >= 0.6 is 0 Å². The Morgan fingerprint density at radius 2 is 1.24 bits per heavy atom. The third kappa shape index (κ3) is 5.52. The summed E-state index contributed by atoms with van der Waals surface area (Å²) in [6.07, 6.45) is -0.815. The smallest absolute Gasteiger partial charge is 0.421 e. The molecule has 252 valence electrons. The van der Waals surface area contributed by atoms with Gasteiger partial charge in [0.05, 0.1) is 5.69 Å². The first kappa shape index (κ1) is 32.0. The lowest BCUT2D eigenvalue weighted by Gasteiger charge is -2.48. The molecule has 0 aliphatic carbocycles. The summed E-state index contributed by atoms with van der Waals surface area (Å²) in [7, 11) is 0. The highest BCUT2D eigenvalue weighted by atomic mass is 16.6. The van der Waals surface area contributed by atoms with Crippen LogP contribution in [0.15, 0.2) is 164 Å². The number of carbonyl (C=O) groups is 2. The van der Waals surface area contributed by atoms with Crippen molar-refractivity contribution in [3.63, 3.8) is 0 Å². The molecule has 2 atom stereocenters. The van der Waals surface area contributed by atoms with Gasteiger partial charge in [0.15, 0.2) is 0 Å². The van der Waals surface area contributed by atoms with Crippen LogP contribution in [-0.2, 0) is 40.2 Å². The maximum Gasteiger partial charge on any atom is 0.421 e. The molecule has 7 nitrogen and oxygen atoms in total. The average Bonchev–Trinajstić information content (AvgIpc) is 3.45. The van der Waals surface area contributed by atoms with E-state index in [0.29, 0.717) is 41.2 Å². The van der Waals surface area contributed by atoms with Gasteiger partial charge in [-0.25, -0.2) is 9.69 Å². The molecule has 7 heteroatoms. The van der Waals surface area contributed by atoms with Crippen molar-refractivity contribution in [2.24, 2.45) is 0 Å². The van der Waals surface area contributed by atoms with Gasteiger partial charge >= 0.3 is 6.09 Å². The fraction of sp³-hybridized carbons (Fsp3) is 0.136. The van der Waals surface area contributed by atoms with E-state index < -0.39 is 23.0 Å². The summed E-state index contributed by atoms with van der Waals surface area (Å²) in [6.45, 7) is 1.04. The van der Waals surface area contributed by atoms with Gasteiger partial charge in [0.2, 0.25) is 0 Å². The quantitative estimate of drug-likeness (QED) is 0.176. The second-order valence-electron chi connectivity index (χ2n) is 13.0. The van der Waals surface area contributed by atoms with Crippen LogP contribution in [0.2, 0.25) is 0 Å². The third-order valence-corrected chi connectivity index (χ3v) is 9.94. The first-order valence-corrected chi connectivity index (χ1v) is 17.0. The lowest BCUT2D eigenvalue weighted by molar-refractivity contribution is -0.138. The minimum Gasteiger partial charge on any atom is -0.490 e. The highest BCUT2D eigenvalue weighted by molar-refractivity contribution is 6.23. The number of rotatable bonds is 8. The molecule has 0 aromatic heterocycles. The molecule has 0 bridgehead atoms.